The van der Waals surface area contributed by atoms with Crippen LogP contribution >= 0.6 is 0 Å². The zero-order chi connectivity index (χ0) is 13.2. The number of aromatic nitrogens is 1. The molecule has 2 rings (SSSR count). The molecule has 100 valence electrons. The van der Waals surface area contributed by atoms with Crippen molar-refractivity contribution in [3.63, 3.8) is 0 Å². The molecule has 6 heteroatoms. The van der Waals surface area contributed by atoms with E-state index < -0.39 is 16.1 Å². The SMILES string of the molecule is CC[C@H]1CCN(S(=O)(=O)c2cccnc2)C[C@@H]1O. The van der Waals surface area contributed by atoms with Gasteiger partial charge in [-0.15, -0.1) is 0 Å². The summed E-state index contributed by atoms with van der Waals surface area (Å²) in [6, 6.07) is 3.13. The van der Waals surface area contributed by atoms with E-state index in [0.717, 1.165) is 6.42 Å². The van der Waals surface area contributed by atoms with Gasteiger partial charge in [0.15, 0.2) is 0 Å². The molecule has 1 fully saturated rings. The van der Waals surface area contributed by atoms with Crippen LogP contribution < -0.4 is 0 Å². The molecule has 1 aromatic rings. The normalized spacial score (nSPS) is 26.1. The summed E-state index contributed by atoms with van der Waals surface area (Å²) in [5.74, 6) is 0.199. The molecular formula is C12H18N2O3S. The van der Waals surface area contributed by atoms with Crippen molar-refractivity contribution in [3.8, 4) is 0 Å². The minimum absolute atomic E-state index is 0.176. The van der Waals surface area contributed by atoms with Gasteiger partial charge in [0, 0.05) is 25.5 Å². The lowest BCUT2D eigenvalue weighted by atomic mass is 9.93. The van der Waals surface area contributed by atoms with Crippen molar-refractivity contribution in [1.29, 1.82) is 0 Å². The Bertz CT molecular complexity index is 489. The summed E-state index contributed by atoms with van der Waals surface area (Å²) in [5, 5.41) is 9.93. The van der Waals surface area contributed by atoms with Crippen molar-refractivity contribution < 1.29 is 13.5 Å². The van der Waals surface area contributed by atoms with E-state index in [0.29, 0.717) is 13.0 Å². The van der Waals surface area contributed by atoms with E-state index in [2.05, 4.69) is 4.98 Å². The highest BCUT2D eigenvalue weighted by atomic mass is 32.2. The topological polar surface area (TPSA) is 70.5 Å². The second-order valence-electron chi connectivity index (χ2n) is 4.58. The van der Waals surface area contributed by atoms with Gasteiger partial charge in [0.2, 0.25) is 10.0 Å². The second-order valence-corrected chi connectivity index (χ2v) is 6.51. The Morgan fingerprint density at radius 2 is 2.33 bits per heavy atom. The first-order chi connectivity index (χ1) is 8.55. The van der Waals surface area contributed by atoms with Crippen LogP contribution in [0.2, 0.25) is 0 Å². The molecule has 1 aliphatic heterocycles. The number of pyridine rings is 1. The summed E-state index contributed by atoms with van der Waals surface area (Å²) in [6.45, 7) is 2.65. The van der Waals surface area contributed by atoms with Crippen LogP contribution in [0.3, 0.4) is 0 Å². The van der Waals surface area contributed by atoms with Crippen LogP contribution in [-0.2, 0) is 10.0 Å². The van der Waals surface area contributed by atoms with Gasteiger partial charge in [-0.2, -0.15) is 4.31 Å². The number of sulfonamides is 1. The molecule has 1 N–H and O–H groups in total. The van der Waals surface area contributed by atoms with E-state index in [1.807, 2.05) is 6.92 Å². The number of aliphatic hydroxyl groups excluding tert-OH is 1. The van der Waals surface area contributed by atoms with Gasteiger partial charge in [-0.25, -0.2) is 8.42 Å². The zero-order valence-electron chi connectivity index (χ0n) is 10.4. The molecule has 2 heterocycles. The molecule has 0 unspecified atom stereocenters. The number of hydrogen-bond donors (Lipinski definition) is 1. The number of nitrogens with zero attached hydrogens (tertiary/aromatic N) is 2. The molecule has 0 saturated carbocycles. The predicted molar refractivity (Wildman–Crippen MR) is 67.4 cm³/mol. The molecule has 2 atom stereocenters. The summed E-state index contributed by atoms with van der Waals surface area (Å²) in [6.07, 6.45) is 3.89. The molecule has 5 nitrogen and oxygen atoms in total. The third kappa shape index (κ3) is 2.55. The number of aliphatic hydroxyl groups is 1. The van der Waals surface area contributed by atoms with Crippen molar-refractivity contribution in [1.82, 2.24) is 9.29 Å². The molecular weight excluding hydrogens is 252 g/mol. The molecule has 0 bridgehead atoms. The fourth-order valence-corrected chi connectivity index (χ4v) is 3.73. The Morgan fingerprint density at radius 1 is 1.56 bits per heavy atom. The first-order valence-electron chi connectivity index (χ1n) is 6.14. The summed E-state index contributed by atoms with van der Waals surface area (Å²) >= 11 is 0. The van der Waals surface area contributed by atoms with Crippen molar-refractivity contribution in [3.05, 3.63) is 24.5 Å². The van der Waals surface area contributed by atoms with Gasteiger partial charge >= 0.3 is 0 Å². The molecule has 18 heavy (non-hydrogen) atoms. The highest BCUT2D eigenvalue weighted by molar-refractivity contribution is 7.89. The minimum atomic E-state index is -3.52. The van der Waals surface area contributed by atoms with Crippen LogP contribution in [0.25, 0.3) is 0 Å². The van der Waals surface area contributed by atoms with Gasteiger partial charge in [0.1, 0.15) is 4.90 Å². The van der Waals surface area contributed by atoms with E-state index in [-0.39, 0.29) is 17.4 Å². The van der Waals surface area contributed by atoms with Gasteiger partial charge in [-0.1, -0.05) is 13.3 Å². The lowest BCUT2D eigenvalue weighted by Crippen LogP contribution is -2.46. The van der Waals surface area contributed by atoms with Crippen LogP contribution in [0, 0.1) is 5.92 Å². The number of β-amino-alcohol motifs (C(OH)–C–C–N with tert-alkyl or cyclic N) is 1. The van der Waals surface area contributed by atoms with Crippen LogP contribution in [0.15, 0.2) is 29.4 Å². The summed E-state index contributed by atoms with van der Waals surface area (Å²) in [7, 11) is -3.52. The average Bonchev–Trinajstić information content (AvgIpc) is 2.39. The monoisotopic (exact) mass is 270 g/mol. The maximum Gasteiger partial charge on any atom is 0.244 e. The van der Waals surface area contributed by atoms with Crippen LogP contribution in [0.1, 0.15) is 19.8 Å². The maximum absolute atomic E-state index is 12.3. The number of piperidine rings is 1. The van der Waals surface area contributed by atoms with Crippen LogP contribution in [-0.4, -0.2) is 42.0 Å². The van der Waals surface area contributed by atoms with Gasteiger partial charge in [0.25, 0.3) is 0 Å². The van der Waals surface area contributed by atoms with Crippen LogP contribution in [0.5, 0.6) is 0 Å². The molecule has 0 amide bonds. The van der Waals surface area contributed by atoms with Gasteiger partial charge < -0.3 is 5.11 Å². The third-order valence-corrected chi connectivity index (χ3v) is 5.33. The van der Waals surface area contributed by atoms with E-state index in [1.54, 1.807) is 6.07 Å². The fourth-order valence-electron chi connectivity index (χ4n) is 2.29. The molecule has 0 spiro atoms. The zero-order valence-corrected chi connectivity index (χ0v) is 11.2. The molecule has 0 aliphatic carbocycles. The van der Waals surface area contributed by atoms with Crippen molar-refractivity contribution in [2.75, 3.05) is 13.1 Å². The Balaban J connectivity index is 2.18. The Kier molecular flexibility index (Phi) is 3.99. The number of hydrogen-bond acceptors (Lipinski definition) is 4. The third-order valence-electron chi connectivity index (χ3n) is 3.48. The lowest BCUT2D eigenvalue weighted by molar-refractivity contribution is 0.0501. The Hall–Kier alpha value is -0.980. The largest absolute Gasteiger partial charge is 0.391 e. The van der Waals surface area contributed by atoms with E-state index >= 15 is 0 Å². The molecule has 0 radical (unpaired) electrons. The minimum Gasteiger partial charge on any atom is -0.391 e. The average molecular weight is 270 g/mol. The van der Waals surface area contributed by atoms with Gasteiger partial charge in [-0.3, -0.25) is 4.98 Å². The smallest absolute Gasteiger partial charge is 0.244 e. The first-order valence-corrected chi connectivity index (χ1v) is 7.58. The van der Waals surface area contributed by atoms with E-state index in [9.17, 15) is 13.5 Å². The number of rotatable bonds is 3. The molecule has 1 aliphatic rings. The summed E-state index contributed by atoms with van der Waals surface area (Å²) in [5.41, 5.74) is 0. The Morgan fingerprint density at radius 3 is 2.89 bits per heavy atom. The van der Waals surface area contributed by atoms with Gasteiger partial charge in [0.05, 0.1) is 6.10 Å². The van der Waals surface area contributed by atoms with Crippen LogP contribution in [0.4, 0.5) is 0 Å². The molecule has 1 aromatic heterocycles. The molecule has 1 saturated heterocycles. The van der Waals surface area contributed by atoms with Crippen molar-refractivity contribution in [2.24, 2.45) is 5.92 Å². The first kappa shape index (κ1) is 13.5. The van der Waals surface area contributed by atoms with E-state index in [1.165, 1.54) is 22.8 Å². The van der Waals surface area contributed by atoms with Crippen molar-refractivity contribution >= 4 is 10.0 Å². The summed E-state index contributed by atoms with van der Waals surface area (Å²) < 4.78 is 26.0. The highest BCUT2D eigenvalue weighted by Crippen LogP contribution is 2.25. The van der Waals surface area contributed by atoms with Gasteiger partial charge in [-0.05, 0) is 24.5 Å². The fraction of sp³-hybridized carbons (Fsp3) is 0.583. The van der Waals surface area contributed by atoms with E-state index in [4.69, 9.17) is 0 Å². The maximum atomic E-state index is 12.3. The quantitative estimate of drug-likeness (QED) is 0.884. The lowest BCUT2D eigenvalue weighted by Gasteiger charge is -2.34. The standard InChI is InChI=1S/C12H18N2O3S/c1-2-10-5-7-14(9-12(10)15)18(16,17)11-4-3-6-13-8-11/h3-4,6,8,10,12,15H,2,5,7,9H2,1H3/t10-,12-/m0/s1. The predicted octanol–water partition coefficient (Wildman–Crippen LogP) is 0.863. The molecule has 0 aromatic carbocycles. The Labute approximate surface area is 108 Å². The van der Waals surface area contributed by atoms with Crippen molar-refractivity contribution in [2.45, 2.75) is 30.8 Å². The highest BCUT2D eigenvalue weighted by Gasteiger charge is 2.33. The second kappa shape index (κ2) is 5.34. The summed E-state index contributed by atoms with van der Waals surface area (Å²) in [4.78, 5) is 4.01.